The Morgan fingerprint density at radius 2 is 1.57 bits per heavy atom. The van der Waals surface area contributed by atoms with Crippen molar-refractivity contribution in [3.05, 3.63) is 54.4 Å². The lowest BCUT2D eigenvalue weighted by molar-refractivity contribution is -0.274. The second kappa shape index (κ2) is 5.23. The van der Waals surface area contributed by atoms with E-state index in [1.54, 1.807) is 12.1 Å². The van der Waals surface area contributed by atoms with Gasteiger partial charge in [0.05, 0.1) is 4.90 Å². The molecule has 0 saturated heterocycles. The van der Waals surface area contributed by atoms with Crippen molar-refractivity contribution in [2.45, 2.75) is 28.8 Å². The summed E-state index contributed by atoms with van der Waals surface area (Å²) in [5.41, 5.74) is 0.642. The fourth-order valence-electron chi connectivity index (χ4n) is 2.53. The van der Waals surface area contributed by atoms with Crippen LogP contribution in [0.3, 0.4) is 0 Å². The Morgan fingerprint density at radius 3 is 2.04 bits per heavy atom. The molecule has 1 saturated carbocycles. The first-order chi connectivity index (χ1) is 10.7. The van der Waals surface area contributed by atoms with Crippen LogP contribution in [0.2, 0.25) is 0 Å². The van der Waals surface area contributed by atoms with Gasteiger partial charge in [-0.05, 0) is 54.8 Å². The highest BCUT2D eigenvalue weighted by Crippen LogP contribution is 2.55. The molecule has 0 N–H and O–H groups in total. The number of hydrogen-bond acceptors (Lipinski definition) is 4. The number of hydrogen-bond donors (Lipinski definition) is 0. The molecule has 1 aliphatic rings. The van der Waals surface area contributed by atoms with Gasteiger partial charge in [0.2, 0.25) is 0 Å². The third-order valence-corrected chi connectivity index (χ3v) is 6.36. The van der Waals surface area contributed by atoms with E-state index in [4.69, 9.17) is 0 Å². The Hall–Kier alpha value is -2.09. The third kappa shape index (κ3) is 2.90. The lowest BCUT2D eigenvalue weighted by atomic mass is 10.2. The smallest absolute Gasteiger partial charge is 0.406 e. The largest absolute Gasteiger partial charge is 0.573 e. The van der Waals surface area contributed by atoms with E-state index in [-0.39, 0.29) is 4.90 Å². The van der Waals surface area contributed by atoms with Crippen molar-refractivity contribution >= 4 is 9.84 Å². The number of sulfone groups is 1. The van der Waals surface area contributed by atoms with Gasteiger partial charge in [-0.1, -0.05) is 0 Å². The normalized spacial score (nSPS) is 16.8. The molecule has 0 unspecified atom stereocenters. The molecule has 0 aliphatic heterocycles. The lowest BCUT2D eigenvalue weighted by Crippen LogP contribution is -2.21. The maximum absolute atomic E-state index is 12.8. The topological polar surface area (TPSA) is 56.3 Å². The van der Waals surface area contributed by atoms with E-state index in [0.717, 1.165) is 24.3 Å². The van der Waals surface area contributed by atoms with Crippen LogP contribution in [0, 0.1) is 0 Å². The van der Waals surface area contributed by atoms with Gasteiger partial charge >= 0.3 is 6.36 Å². The van der Waals surface area contributed by atoms with Crippen molar-refractivity contribution in [1.82, 2.24) is 4.98 Å². The van der Waals surface area contributed by atoms with E-state index in [9.17, 15) is 21.6 Å². The van der Waals surface area contributed by atoms with E-state index in [0.29, 0.717) is 18.4 Å². The van der Waals surface area contributed by atoms with Crippen molar-refractivity contribution < 1.29 is 26.3 Å². The van der Waals surface area contributed by atoms with Gasteiger partial charge in [0.1, 0.15) is 10.5 Å². The summed E-state index contributed by atoms with van der Waals surface area (Å²) in [7, 11) is -3.71. The van der Waals surface area contributed by atoms with Gasteiger partial charge in [0, 0.05) is 12.4 Å². The van der Waals surface area contributed by atoms with Crippen molar-refractivity contribution in [2.75, 3.05) is 0 Å². The third-order valence-electron chi connectivity index (χ3n) is 3.79. The molecule has 8 heteroatoms. The Morgan fingerprint density at radius 1 is 1.00 bits per heavy atom. The fourth-order valence-corrected chi connectivity index (χ4v) is 4.56. The molecule has 2 aromatic rings. The molecule has 0 spiro atoms. The summed E-state index contributed by atoms with van der Waals surface area (Å²) < 4.78 is 64.9. The van der Waals surface area contributed by atoms with Crippen LogP contribution in [0.4, 0.5) is 13.2 Å². The Bertz CT molecular complexity index is 798. The monoisotopic (exact) mass is 343 g/mol. The van der Waals surface area contributed by atoms with Crippen molar-refractivity contribution in [2.24, 2.45) is 0 Å². The molecule has 0 radical (unpaired) electrons. The molecule has 1 heterocycles. The van der Waals surface area contributed by atoms with Crippen LogP contribution < -0.4 is 4.74 Å². The minimum Gasteiger partial charge on any atom is -0.406 e. The molecule has 0 bridgehead atoms. The summed E-state index contributed by atoms with van der Waals surface area (Å²) in [4.78, 5) is 3.84. The summed E-state index contributed by atoms with van der Waals surface area (Å²) in [5, 5.41) is 0. The summed E-state index contributed by atoms with van der Waals surface area (Å²) in [6.07, 6.45) is -0.828. The highest BCUT2D eigenvalue weighted by atomic mass is 32.2. The summed E-state index contributed by atoms with van der Waals surface area (Å²) in [6, 6.07) is 7.57. The second-order valence-electron chi connectivity index (χ2n) is 5.25. The molecule has 1 fully saturated rings. The number of benzene rings is 1. The van der Waals surface area contributed by atoms with E-state index >= 15 is 0 Å². The predicted molar refractivity (Wildman–Crippen MR) is 75.5 cm³/mol. The molecule has 122 valence electrons. The van der Waals surface area contributed by atoms with Crippen LogP contribution >= 0.6 is 0 Å². The molecule has 0 atom stereocenters. The van der Waals surface area contributed by atoms with Gasteiger partial charge in [0.15, 0.2) is 9.84 Å². The quantitative estimate of drug-likeness (QED) is 0.853. The van der Waals surface area contributed by atoms with Crippen LogP contribution in [-0.2, 0) is 14.6 Å². The molecular weight excluding hydrogens is 331 g/mol. The maximum atomic E-state index is 12.8. The molecule has 1 aromatic heterocycles. The molecular formula is C15H12F3NO3S. The van der Waals surface area contributed by atoms with E-state index < -0.39 is 26.7 Å². The fraction of sp³-hybridized carbons (Fsp3) is 0.267. The minimum absolute atomic E-state index is 0.0265. The van der Waals surface area contributed by atoms with Gasteiger partial charge in [0.25, 0.3) is 0 Å². The SMILES string of the molecule is O=S(=O)(c1ccc(OC(F)(F)F)cc1)C1(c2ccncc2)CC1. The second-order valence-corrected chi connectivity index (χ2v) is 7.51. The average molecular weight is 343 g/mol. The van der Waals surface area contributed by atoms with Gasteiger partial charge < -0.3 is 4.74 Å². The lowest BCUT2D eigenvalue weighted by Gasteiger charge is -2.17. The summed E-state index contributed by atoms with van der Waals surface area (Å²) in [6.45, 7) is 0. The first-order valence-corrected chi connectivity index (χ1v) is 8.24. The standard InChI is InChI=1S/C15H12F3NO3S/c16-15(17,18)22-12-1-3-13(4-2-12)23(20,21)14(7-8-14)11-5-9-19-10-6-11/h1-6,9-10H,7-8H2. The molecule has 1 aliphatic carbocycles. The number of aromatic nitrogens is 1. The zero-order valence-electron chi connectivity index (χ0n) is 11.7. The first-order valence-electron chi connectivity index (χ1n) is 6.76. The Labute approximate surface area is 130 Å². The number of rotatable bonds is 4. The van der Waals surface area contributed by atoms with Crippen LogP contribution in [0.15, 0.2) is 53.7 Å². The van der Waals surface area contributed by atoms with Crippen LogP contribution in [0.5, 0.6) is 5.75 Å². The van der Waals surface area contributed by atoms with Gasteiger partial charge in [-0.2, -0.15) is 0 Å². The van der Waals surface area contributed by atoms with E-state index in [1.807, 2.05) is 0 Å². The van der Waals surface area contributed by atoms with Gasteiger partial charge in [-0.15, -0.1) is 13.2 Å². The maximum Gasteiger partial charge on any atom is 0.573 e. The highest BCUT2D eigenvalue weighted by molar-refractivity contribution is 7.92. The molecule has 0 amide bonds. The van der Waals surface area contributed by atoms with Crippen molar-refractivity contribution in [1.29, 1.82) is 0 Å². The zero-order chi connectivity index (χ0) is 16.7. The average Bonchev–Trinajstić information content (AvgIpc) is 3.29. The van der Waals surface area contributed by atoms with Crippen LogP contribution in [-0.4, -0.2) is 19.8 Å². The molecule has 1 aromatic carbocycles. The van der Waals surface area contributed by atoms with Crippen LogP contribution in [0.1, 0.15) is 18.4 Å². The number of alkyl halides is 3. The summed E-state index contributed by atoms with van der Waals surface area (Å²) >= 11 is 0. The van der Waals surface area contributed by atoms with Crippen molar-refractivity contribution in [3.63, 3.8) is 0 Å². The van der Waals surface area contributed by atoms with Crippen molar-refractivity contribution in [3.8, 4) is 5.75 Å². The summed E-state index contributed by atoms with van der Waals surface area (Å²) in [5.74, 6) is -0.454. The molecule has 4 nitrogen and oxygen atoms in total. The molecule has 3 rings (SSSR count). The number of ether oxygens (including phenoxy) is 1. The minimum atomic E-state index is -4.81. The first kappa shape index (κ1) is 15.8. The van der Waals surface area contributed by atoms with Crippen LogP contribution in [0.25, 0.3) is 0 Å². The highest BCUT2D eigenvalue weighted by Gasteiger charge is 2.56. The Balaban J connectivity index is 1.92. The van der Waals surface area contributed by atoms with Gasteiger partial charge in [-0.3, -0.25) is 4.98 Å². The van der Waals surface area contributed by atoms with Gasteiger partial charge in [-0.25, -0.2) is 8.42 Å². The number of pyridine rings is 1. The number of halogens is 3. The Kier molecular flexibility index (Phi) is 3.59. The zero-order valence-corrected chi connectivity index (χ0v) is 12.6. The molecule has 23 heavy (non-hydrogen) atoms. The van der Waals surface area contributed by atoms with E-state index in [1.165, 1.54) is 12.4 Å². The van der Waals surface area contributed by atoms with E-state index in [2.05, 4.69) is 9.72 Å². The predicted octanol–water partition coefficient (Wildman–Crippen LogP) is 3.44. The number of nitrogens with zero attached hydrogens (tertiary/aromatic N) is 1.